The average molecular weight is 241 g/mol. The lowest BCUT2D eigenvalue weighted by molar-refractivity contribution is 0.358. The Hall–Kier alpha value is -0.730. The van der Waals surface area contributed by atoms with Crippen LogP contribution in [0.1, 0.15) is 25.8 Å². The molecule has 90 valence electrons. The van der Waals surface area contributed by atoms with Gasteiger partial charge in [0.05, 0.1) is 0 Å². The number of benzene rings is 1. The highest BCUT2D eigenvalue weighted by molar-refractivity contribution is 6.30. The van der Waals surface area contributed by atoms with Crippen molar-refractivity contribution in [2.24, 2.45) is 11.1 Å². The lowest BCUT2D eigenvalue weighted by Gasteiger charge is -2.22. The second-order valence-electron chi connectivity index (χ2n) is 5.00. The van der Waals surface area contributed by atoms with Gasteiger partial charge in [0.25, 0.3) is 0 Å². The summed E-state index contributed by atoms with van der Waals surface area (Å²) >= 11 is 5.95. The molecule has 0 aromatic heterocycles. The van der Waals surface area contributed by atoms with E-state index in [-0.39, 0.29) is 5.41 Å². The number of rotatable bonds is 5. The van der Waals surface area contributed by atoms with E-state index >= 15 is 0 Å². The van der Waals surface area contributed by atoms with Crippen LogP contribution in [0.5, 0.6) is 0 Å². The zero-order valence-corrected chi connectivity index (χ0v) is 11.1. The van der Waals surface area contributed by atoms with Gasteiger partial charge in [-0.05, 0) is 43.0 Å². The lowest BCUT2D eigenvalue weighted by atomic mass is 9.90. The normalized spacial score (nSPS) is 11.6. The molecule has 0 radical (unpaired) electrons. The zero-order valence-electron chi connectivity index (χ0n) is 10.3. The fourth-order valence-electron chi connectivity index (χ4n) is 1.42. The van der Waals surface area contributed by atoms with E-state index in [1.807, 2.05) is 18.2 Å². The molecule has 16 heavy (non-hydrogen) atoms. The number of aryl methyl sites for hydroxylation is 1. The highest BCUT2D eigenvalue weighted by Crippen LogP contribution is 2.22. The van der Waals surface area contributed by atoms with E-state index in [1.54, 1.807) is 0 Å². The van der Waals surface area contributed by atoms with Crippen molar-refractivity contribution in [3.05, 3.63) is 28.8 Å². The molecule has 0 spiro atoms. The molecule has 0 amide bonds. The van der Waals surface area contributed by atoms with Crippen LogP contribution in [0.25, 0.3) is 0 Å². The number of halogens is 1. The van der Waals surface area contributed by atoms with Crippen LogP contribution in [0.15, 0.2) is 18.2 Å². The summed E-state index contributed by atoms with van der Waals surface area (Å²) in [4.78, 5) is 0. The molecule has 0 heterocycles. The summed E-state index contributed by atoms with van der Waals surface area (Å²) in [6.07, 6.45) is 1.05. The van der Waals surface area contributed by atoms with Gasteiger partial charge in [0.15, 0.2) is 0 Å². The minimum Gasteiger partial charge on any atom is -0.385 e. The molecule has 0 bridgehead atoms. The van der Waals surface area contributed by atoms with E-state index in [4.69, 9.17) is 17.3 Å². The van der Waals surface area contributed by atoms with Crippen LogP contribution < -0.4 is 11.1 Å². The van der Waals surface area contributed by atoms with Crippen LogP contribution >= 0.6 is 11.6 Å². The fraction of sp³-hybridized carbons (Fsp3) is 0.538. The van der Waals surface area contributed by atoms with Crippen molar-refractivity contribution in [3.8, 4) is 0 Å². The average Bonchev–Trinajstić information content (AvgIpc) is 2.23. The molecule has 0 atom stereocenters. The second kappa shape index (κ2) is 5.55. The summed E-state index contributed by atoms with van der Waals surface area (Å²) < 4.78 is 0. The molecule has 0 aliphatic carbocycles. The first-order valence-corrected chi connectivity index (χ1v) is 6.02. The Kier molecular flexibility index (Phi) is 4.63. The van der Waals surface area contributed by atoms with Crippen LogP contribution in [-0.2, 0) is 0 Å². The third-order valence-corrected chi connectivity index (χ3v) is 3.10. The van der Waals surface area contributed by atoms with Crippen LogP contribution in [-0.4, -0.2) is 13.1 Å². The standard InChI is InChI=1S/C13H21ClN2/c1-10-4-5-11(14)8-12(10)16-7-6-13(2,3)9-15/h4-5,8,16H,6-7,9,15H2,1-3H3. The molecule has 0 saturated heterocycles. The Morgan fingerprint density at radius 3 is 2.69 bits per heavy atom. The van der Waals surface area contributed by atoms with Crippen molar-refractivity contribution < 1.29 is 0 Å². The van der Waals surface area contributed by atoms with Gasteiger partial charge in [-0.2, -0.15) is 0 Å². The Morgan fingerprint density at radius 2 is 2.06 bits per heavy atom. The zero-order chi connectivity index (χ0) is 12.2. The van der Waals surface area contributed by atoms with Gasteiger partial charge in [-0.15, -0.1) is 0 Å². The second-order valence-corrected chi connectivity index (χ2v) is 5.44. The summed E-state index contributed by atoms with van der Waals surface area (Å²) in [6.45, 7) is 8.07. The molecule has 1 rings (SSSR count). The van der Waals surface area contributed by atoms with Crippen LogP contribution in [0, 0.1) is 12.3 Å². The van der Waals surface area contributed by atoms with E-state index in [9.17, 15) is 0 Å². The molecular weight excluding hydrogens is 220 g/mol. The van der Waals surface area contributed by atoms with Crippen molar-refractivity contribution in [2.45, 2.75) is 27.2 Å². The first-order valence-electron chi connectivity index (χ1n) is 5.65. The Balaban J connectivity index is 2.52. The Labute approximate surface area is 103 Å². The molecule has 0 aliphatic heterocycles. The number of hydrogen-bond donors (Lipinski definition) is 2. The number of nitrogens with two attached hydrogens (primary N) is 1. The summed E-state index contributed by atoms with van der Waals surface area (Å²) in [7, 11) is 0. The largest absolute Gasteiger partial charge is 0.385 e. The highest BCUT2D eigenvalue weighted by Gasteiger charge is 2.14. The van der Waals surface area contributed by atoms with Crippen molar-refractivity contribution in [3.63, 3.8) is 0 Å². The van der Waals surface area contributed by atoms with Crippen molar-refractivity contribution in [2.75, 3.05) is 18.4 Å². The first kappa shape index (κ1) is 13.3. The molecule has 1 aromatic carbocycles. The Morgan fingerprint density at radius 1 is 1.38 bits per heavy atom. The Bertz CT molecular complexity index is 348. The maximum Gasteiger partial charge on any atom is 0.0426 e. The van der Waals surface area contributed by atoms with Gasteiger partial charge in [-0.3, -0.25) is 0 Å². The quantitative estimate of drug-likeness (QED) is 0.828. The monoisotopic (exact) mass is 240 g/mol. The predicted octanol–water partition coefficient (Wildman–Crippen LogP) is 3.44. The molecule has 0 saturated carbocycles. The van der Waals surface area contributed by atoms with E-state index < -0.39 is 0 Å². The summed E-state index contributed by atoms with van der Waals surface area (Å²) in [5, 5.41) is 4.17. The van der Waals surface area contributed by atoms with Crippen molar-refractivity contribution in [1.29, 1.82) is 0 Å². The van der Waals surface area contributed by atoms with Gasteiger partial charge in [0.1, 0.15) is 0 Å². The highest BCUT2D eigenvalue weighted by atomic mass is 35.5. The number of hydrogen-bond acceptors (Lipinski definition) is 2. The molecule has 1 aromatic rings. The summed E-state index contributed by atoms with van der Waals surface area (Å²) in [5.41, 5.74) is 8.21. The first-order chi connectivity index (χ1) is 7.44. The molecule has 0 aliphatic rings. The molecule has 3 N–H and O–H groups in total. The van der Waals surface area contributed by atoms with Gasteiger partial charge in [-0.25, -0.2) is 0 Å². The van der Waals surface area contributed by atoms with Gasteiger partial charge in [-0.1, -0.05) is 31.5 Å². The van der Waals surface area contributed by atoms with Crippen LogP contribution in [0.3, 0.4) is 0 Å². The van der Waals surface area contributed by atoms with Gasteiger partial charge in [0, 0.05) is 17.3 Å². The predicted molar refractivity (Wildman–Crippen MR) is 72.1 cm³/mol. The number of anilines is 1. The third kappa shape index (κ3) is 4.03. The van der Waals surface area contributed by atoms with E-state index in [1.165, 1.54) is 5.56 Å². The van der Waals surface area contributed by atoms with Gasteiger partial charge < -0.3 is 11.1 Å². The molecule has 2 nitrogen and oxygen atoms in total. The van der Waals surface area contributed by atoms with E-state index in [2.05, 4.69) is 26.1 Å². The molecular formula is C13H21ClN2. The molecule has 0 unspecified atom stereocenters. The van der Waals surface area contributed by atoms with Crippen LogP contribution in [0.4, 0.5) is 5.69 Å². The van der Waals surface area contributed by atoms with Crippen molar-refractivity contribution >= 4 is 17.3 Å². The minimum atomic E-state index is 0.194. The van der Waals surface area contributed by atoms with E-state index in [0.717, 1.165) is 23.7 Å². The number of nitrogens with one attached hydrogen (secondary N) is 1. The van der Waals surface area contributed by atoms with Crippen LogP contribution in [0.2, 0.25) is 5.02 Å². The van der Waals surface area contributed by atoms with E-state index in [0.29, 0.717) is 6.54 Å². The maximum absolute atomic E-state index is 5.95. The molecule has 3 heteroatoms. The fourth-order valence-corrected chi connectivity index (χ4v) is 1.59. The molecule has 0 fully saturated rings. The maximum atomic E-state index is 5.95. The van der Waals surface area contributed by atoms with Crippen molar-refractivity contribution in [1.82, 2.24) is 0 Å². The lowest BCUT2D eigenvalue weighted by Crippen LogP contribution is -2.26. The minimum absolute atomic E-state index is 0.194. The summed E-state index contributed by atoms with van der Waals surface area (Å²) in [6, 6.07) is 5.90. The van der Waals surface area contributed by atoms with Gasteiger partial charge in [0.2, 0.25) is 0 Å². The SMILES string of the molecule is Cc1ccc(Cl)cc1NCCC(C)(C)CN. The summed E-state index contributed by atoms with van der Waals surface area (Å²) in [5.74, 6) is 0. The smallest absolute Gasteiger partial charge is 0.0426 e. The third-order valence-electron chi connectivity index (χ3n) is 2.87. The van der Waals surface area contributed by atoms with Gasteiger partial charge >= 0.3 is 0 Å². The topological polar surface area (TPSA) is 38.0 Å².